The van der Waals surface area contributed by atoms with Crippen LogP contribution in [0.15, 0.2) is 0 Å². The highest BCUT2D eigenvalue weighted by molar-refractivity contribution is 5.90. The van der Waals surface area contributed by atoms with E-state index in [9.17, 15) is 4.79 Å². The summed E-state index contributed by atoms with van der Waals surface area (Å²) in [6, 6.07) is 0.199. The summed E-state index contributed by atoms with van der Waals surface area (Å²) < 4.78 is 5.76. The minimum absolute atomic E-state index is 0.112. The first-order valence-electron chi connectivity index (χ1n) is 7.50. The van der Waals surface area contributed by atoms with Crippen LogP contribution in [-0.2, 0) is 9.53 Å². The van der Waals surface area contributed by atoms with Crippen molar-refractivity contribution >= 4 is 5.91 Å². The third kappa shape index (κ3) is 1.83. The lowest BCUT2D eigenvalue weighted by Crippen LogP contribution is -2.80. The van der Waals surface area contributed by atoms with Crippen molar-refractivity contribution in [1.29, 1.82) is 0 Å². The maximum Gasteiger partial charge on any atom is 0.243 e. The first kappa shape index (κ1) is 14.8. The van der Waals surface area contributed by atoms with E-state index >= 15 is 0 Å². The molecule has 4 heteroatoms. The average Bonchev–Trinajstić information content (AvgIpc) is 2.81. The summed E-state index contributed by atoms with van der Waals surface area (Å²) in [6.45, 7) is 11.9. The highest BCUT2D eigenvalue weighted by Crippen LogP contribution is 2.58. The quantitative estimate of drug-likeness (QED) is 0.845. The van der Waals surface area contributed by atoms with Gasteiger partial charge in [0, 0.05) is 30.5 Å². The molecule has 2 N–H and O–H groups in total. The second-order valence-corrected chi connectivity index (χ2v) is 6.87. The Balaban J connectivity index is 2.26. The Labute approximate surface area is 116 Å². The molecule has 0 aromatic rings. The molecule has 19 heavy (non-hydrogen) atoms. The molecule has 1 aliphatic heterocycles. The van der Waals surface area contributed by atoms with E-state index in [2.05, 4.69) is 34.6 Å². The molecule has 0 aromatic heterocycles. The van der Waals surface area contributed by atoms with E-state index in [1.807, 2.05) is 4.90 Å². The predicted octanol–water partition coefficient (Wildman–Crippen LogP) is 1.78. The number of amides is 1. The SMILES string of the molecule is CCCN(C(=O)C1(N)C2CCOC2C1(C)C)C(C)C. The number of hydrogen-bond donors (Lipinski definition) is 1. The van der Waals surface area contributed by atoms with Crippen LogP contribution in [0.4, 0.5) is 0 Å². The molecular formula is C15H28N2O2. The summed E-state index contributed by atoms with van der Waals surface area (Å²) in [6.07, 6.45) is 2.02. The molecule has 1 saturated heterocycles. The summed E-state index contributed by atoms with van der Waals surface area (Å²) in [5.74, 6) is 0.300. The highest BCUT2D eigenvalue weighted by atomic mass is 16.5. The Hall–Kier alpha value is -0.610. The van der Waals surface area contributed by atoms with Crippen molar-refractivity contribution in [2.45, 2.75) is 65.1 Å². The van der Waals surface area contributed by atoms with E-state index in [1.54, 1.807) is 0 Å². The van der Waals surface area contributed by atoms with E-state index in [-0.39, 0.29) is 29.4 Å². The third-order valence-electron chi connectivity index (χ3n) is 5.16. The van der Waals surface area contributed by atoms with Crippen LogP contribution in [0.5, 0.6) is 0 Å². The zero-order valence-corrected chi connectivity index (χ0v) is 12.9. The van der Waals surface area contributed by atoms with Gasteiger partial charge in [0.15, 0.2) is 0 Å². The molecule has 0 radical (unpaired) electrons. The van der Waals surface area contributed by atoms with Gasteiger partial charge in [-0.3, -0.25) is 4.79 Å². The molecule has 2 fully saturated rings. The molecule has 3 unspecified atom stereocenters. The van der Waals surface area contributed by atoms with Crippen molar-refractivity contribution in [3.63, 3.8) is 0 Å². The fourth-order valence-corrected chi connectivity index (χ4v) is 3.89. The van der Waals surface area contributed by atoms with Gasteiger partial charge in [-0.05, 0) is 26.7 Å². The predicted molar refractivity (Wildman–Crippen MR) is 75.7 cm³/mol. The van der Waals surface area contributed by atoms with Gasteiger partial charge >= 0.3 is 0 Å². The largest absolute Gasteiger partial charge is 0.377 e. The van der Waals surface area contributed by atoms with E-state index in [1.165, 1.54) is 0 Å². The van der Waals surface area contributed by atoms with Gasteiger partial charge in [0.25, 0.3) is 0 Å². The molecule has 1 saturated carbocycles. The smallest absolute Gasteiger partial charge is 0.243 e. The lowest BCUT2D eigenvalue weighted by molar-refractivity contribution is -0.185. The monoisotopic (exact) mass is 268 g/mol. The lowest BCUT2D eigenvalue weighted by Gasteiger charge is -2.62. The first-order chi connectivity index (χ1) is 8.78. The number of carbonyl (C=O) groups excluding carboxylic acids is 1. The van der Waals surface area contributed by atoms with Crippen LogP contribution in [0.1, 0.15) is 47.5 Å². The Morgan fingerprint density at radius 2 is 2.11 bits per heavy atom. The molecule has 2 aliphatic rings. The van der Waals surface area contributed by atoms with Gasteiger partial charge in [0.2, 0.25) is 5.91 Å². The zero-order valence-electron chi connectivity index (χ0n) is 12.9. The summed E-state index contributed by atoms with van der Waals surface area (Å²) in [5, 5.41) is 0. The number of nitrogens with two attached hydrogens (primary N) is 1. The lowest BCUT2D eigenvalue weighted by atomic mass is 9.47. The van der Waals surface area contributed by atoms with E-state index in [4.69, 9.17) is 10.5 Å². The number of nitrogens with zero attached hydrogens (tertiary/aromatic N) is 1. The molecule has 110 valence electrons. The number of carbonyl (C=O) groups is 1. The molecule has 1 amide bonds. The normalized spacial score (nSPS) is 35.9. The molecule has 1 aliphatic carbocycles. The van der Waals surface area contributed by atoms with Gasteiger partial charge < -0.3 is 15.4 Å². The summed E-state index contributed by atoms with van der Waals surface area (Å²) in [5.41, 5.74) is 5.58. The molecule has 0 aromatic carbocycles. The van der Waals surface area contributed by atoms with Crippen molar-refractivity contribution in [3.8, 4) is 0 Å². The summed E-state index contributed by atoms with van der Waals surface area (Å²) in [4.78, 5) is 14.9. The summed E-state index contributed by atoms with van der Waals surface area (Å²) >= 11 is 0. The molecule has 1 heterocycles. The van der Waals surface area contributed by atoms with Crippen molar-refractivity contribution in [2.75, 3.05) is 13.2 Å². The molecule has 2 rings (SSSR count). The zero-order chi connectivity index (χ0) is 14.4. The van der Waals surface area contributed by atoms with Crippen LogP contribution in [-0.4, -0.2) is 41.6 Å². The second-order valence-electron chi connectivity index (χ2n) is 6.87. The Morgan fingerprint density at radius 3 is 2.63 bits per heavy atom. The van der Waals surface area contributed by atoms with Crippen molar-refractivity contribution in [3.05, 3.63) is 0 Å². The Morgan fingerprint density at radius 1 is 1.47 bits per heavy atom. The molecule has 4 nitrogen and oxygen atoms in total. The minimum atomic E-state index is -0.756. The molecular weight excluding hydrogens is 240 g/mol. The number of fused-ring (bicyclic) bond motifs is 1. The summed E-state index contributed by atoms with van der Waals surface area (Å²) in [7, 11) is 0. The Bertz CT molecular complexity index is 367. The standard InChI is InChI=1S/C15H28N2O2/c1-6-8-17(10(2)3)13(18)15(16)11-7-9-19-12(11)14(15,4)5/h10-12H,6-9,16H2,1-5H3. The van der Waals surface area contributed by atoms with Crippen molar-refractivity contribution in [1.82, 2.24) is 4.90 Å². The fourth-order valence-electron chi connectivity index (χ4n) is 3.89. The topological polar surface area (TPSA) is 55.6 Å². The minimum Gasteiger partial charge on any atom is -0.377 e. The van der Waals surface area contributed by atoms with Crippen molar-refractivity contribution < 1.29 is 9.53 Å². The average molecular weight is 268 g/mol. The Kier molecular flexibility index (Phi) is 3.69. The van der Waals surface area contributed by atoms with Gasteiger partial charge in [-0.15, -0.1) is 0 Å². The molecule has 3 atom stereocenters. The van der Waals surface area contributed by atoms with Crippen LogP contribution < -0.4 is 5.73 Å². The van der Waals surface area contributed by atoms with Gasteiger partial charge in [-0.2, -0.15) is 0 Å². The van der Waals surface area contributed by atoms with E-state index in [0.717, 1.165) is 26.0 Å². The number of ether oxygens (including phenoxy) is 1. The van der Waals surface area contributed by atoms with Crippen LogP contribution >= 0.6 is 0 Å². The van der Waals surface area contributed by atoms with Gasteiger partial charge in [-0.25, -0.2) is 0 Å². The molecule has 0 bridgehead atoms. The van der Waals surface area contributed by atoms with Crippen molar-refractivity contribution in [2.24, 2.45) is 17.1 Å². The fraction of sp³-hybridized carbons (Fsp3) is 0.933. The third-order valence-corrected chi connectivity index (χ3v) is 5.16. The second kappa shape index (κ2) is 4.74. The van der Waals surface area contributed by atoms with Crippen LogP contribution in [0.2, 0.25) is 0 Å². The maximum absolute atomic E-state index is 13.0. The van der Waals surface area contributed by atoms with Crippen LogP contribution in [0.3, 0.4) is 0 Å². The van der Waals surface area contributed by atoms with Crippen LogP contribution in [0, 0.1) is 11.3 Å². The maximum atomic E-state index is 13.0. The van der Waals surface area contributed by atoms with Crippen LogP contribution in [0.25, 0.3) is 0 Å². The van der Waals surface area contributed by atoms with Gasteiger partial charge in [-0.1, -0.05) is 20.8 Å². The number of rotatable bonds is 4. The van der Waals surface area contributed by atoms with Gasteiger partial charge in [0.05, 0.1) is 6.10 Å². The molecule has 0 spiro atoms. The van der Waals surface area contributed by atoms with Gasteiger partial charge in [0.1, 0.15) is 5.54 Å². The van der Waals surface area contributed by atoms with E-state index < -0.39 is 5.54 Å². The number of hydrogen-bond acceptors (Lipinski definition) is 3. The highest BCUT2D eigenvalue weighted by Gasteiger charge is 2.71. The van der Waals surface area contributed by atoms with E-state index in [0.29, 0.717) is 0 Å². The first-order valence-corrected chi connectivity index (χ1v) is 7.50.